The second kappa shape index (κ2) is 4.47. The highest BCUT2D eigenvalue weighted by Gasteiger charge is 2.32. The molecule has 1 atom stereocenters. The van der Waals surface area contributed by atoms with Crippen molar-refractivity contribution in [3.05, 3.63) is 0 Å². The maximum atomic E-state index is 5.30. The van der Waals surface area contributed by atoms with Gasteiger partial charge in [-0.1, -0.05) is 20.8 Å². The molecular formula is C11H22N2S. The molecule has 0 spiro atoms. The van der Waals surface area contributed by atoms with Crippen LogP contribution in [0.15, 0.2) is 0 Å². The second-order valence-corrected chi connectivity index (χ2v) is 5.52. The fourth-order valence-corrected chi connectivity index (χ4v) is 2.22. The number of likely N-dealkylation sites (tertiary alicyclic amines) is 1. The van der Waals surface area contributed by atoms with Gasteiger partial charge < -0.3 is 10.2 Å². The number of nitrogens with zero attached hydrogens (tertiary/aromatic N) is 1. The zero-order valence-corrected chi connectivity index (χ0v) is 10.6. The predicted molar refractivity (Wildman–Crippen MR) is 65.4 cm³/mol. The Bertz CT molecular complexity index is 208. The van der Waals surface area contributed by atoms with Gasteiger partial charge in [-0.2, -0.15) is 0 Å². The van der Waals surface area contributed by atoms with Crippen LogP contribution in [-0.2, 0) is 0 Å². The summed E-state index contributed by atoms with van der Waals surface area (Å²) in [6.07, 6.45) is 1.27. The van der Waals surface area contributed by atoms with E-state index in [0.717, 1.165) is 30.7 Å². The lowest BCUT2D eigenvalue weighted by Crippen LogP contribution is -2.38. The molecule has 0 aromatic carbocycles. The predicted octanol–water partition coefficient (Wildman–Crippen LogP) is 2.25. The minimum atomic E-state index is 0.413. The highest BCUT2D eigenvalue weighted by Crippen LogP contribution is 2.33. The quantitative estimate of drug-likeness (QED) is 0.674. The molecule has 3 heteroatoms. The van der Waals surface area contributed by atoms with Gasteiger partial charge in [0.1, 0.15) is 0 Å². The summed E-state index contributed by atoms with van der Waals surface area (Å²) >= 11 is 5.30. The third kappa shape index (κ3) is 2.84. The molecule has 0 saturated carbocycles. The minimum Gasteiger partial charge on any atom is -0.363 e. The largest absolute Gasteiger partial charge is 0.363 e. The molecule has 82 valence electrons. The Morgan fingerprint density at radius 1 is 1.50 bits per heavy atom. The lowest BCUT2D eigenvalue weighted by Gasteiger charge is -2.27. The van der Waals surface area contributed by atoms with Gasteiger partial charge in [-0.3, -0.25) is 0 Å². The maximum absolute atomic E-state index is 5.30. The van der Waals surface area contributed by atoms with E-state index in [4.69, 9.17) is 12.2 Å². The highest BCUT2D eigenvalue weighted by molar-refractivity contribution is 7.80. The van der Waals surface area contributed by atoms with Crippen LogP contribution in [0, 0.1) is 11.3 Å². The summed E-state index contributed by atoms with van der Waals surface area (Å²) < 4.78 is 0. The van der Waals surface area contributed by atoms with E-state index in [-0.39, 0.29) is 0 Å². The first-order chi connectivity index (χ1) is 6.45. The molecule has 0 aromatic heterocycles. The van der Waals surface area contributed by atoms with Crippen molar-refractivity contribution in [2.45, 2.75) is 34.1 Å². The molecule has 1 heterocycles. The van der Waals surface area contributed by atoms with Gasteiger partial charge in [0.25, 0.3) is 0 Å². The van der Waals surface area contributed by atoms with Crippen LogP contribution in [0.25, 0.3) is 0 Å². The summed E-state index contributed by atoms with van der Waals surface area (Å²) in [5, 5.41) is 4.15. The van der Waals surface area contributed by atoms with E-state index < -0.39 is 0 Å². The van der Waals surface area contributed by atoms with Crippen LogP contribution in [0.5, 0.6) is 0 Å². The number of thiocarbonyl (C=S) groups is 1. The van der Waals surface area contributed by atoms with Crippen molar-refractivity contribution in [2.24, 2.45) is 11.3 Å². The average Bonchev–Trinajstić information content (AvgIpc) is 2.51. The molecule has 1 aliphatic rings. The van der Waals surface area contributed by atoms with Crippen molar-refractivity contribution < 1.29 is 0 Å². The normalized spacial score (nSPS) is 22.6. The SMILES string of the molecule is CCNC(=S)N1CCC(C(C)(C)C)C1. The van der Waals surface area contributed by atoms with Crippen LogP contribution in [0.4, 0.5) is 0 Å². The van der Waals surface area contributed by atoms with Crippen molar-refractivity contribution in [1.82, 2.24) is 10.2 Å². The lowest BCUT2D eigenvalue weighted by atomic mass is 9.80. The van der Waals surface area contributed by atoms with Crippen molar-refractivity contribution in [3.63, 3.8) is 0 Å². The third-order valence-corrected chi connectivity index (χ3v) is 3.43. The molecule has 1 rings (SSSR count). The summed E-state index contributed by atoms with van der Waals surface area (Å²) in [6.45, 7) is 12.2. The zero-order valence-electron chi connectivity index (χ0n) is 9.76. The fourth-order valence-electron chi connectivity index (χ4n) is 1.91. The van der Waals surface area contributed by atoms with E-state index in [1.165, 1.54) is 6.42 Å². The van der Waals surface area contributed by atoms with Crippen molar-refractivity contribution in [2.75, 3.05) is 19.6 Å². The molecule has 1 fully saturated rings. The Kier molecular flexibility index (Phi) is 3.76. The van der Waals surface area contributed by atoms with E-state index >= 15 is 0 Å². The number of hydrogen-bond acceptors (Lipinski definition) is 1. The van der Waals surface area contributed by atoms with Crippen LogP contribution in [-0.4, -0.2) is 29.6 Å². The summed E-state index contributed by atoms with van der Waals surface area (Å²) in [5.41, 5.74) is 0.413. The molecule has 0 aromatic rings. The number of hydrogen-bond donors (Lipinski definition) is 1. The van der Waals surface area contributed by atoms with Gasteiger partial charge in [0.2, 0.25) is 0 Å². The molecule has 0 radical (unpaired) electrons. The molecule has 0 bridgehead atoms. The standard InChI is InChI=1S/C11H22N2S/c1-5-12-10(14)13-7-6-9(8-13)11(2,3)4/h9H,5-8H2,1-4H3,(H,12,14). The second-order valence-electron chi connectivity index (χ2n) is 5.13. The van der Waals surface area contributed by atoms with E-state index in [9.17, 15) is 0 Å². The lowest BCUT2D eigenvalue weighted by molar-refractivity contribution is 0.250. The maximum Gasteiger partial charge on any atom is 0.168 e. The van der Waals surface area contributed by atoms with Crippen LogP contribution >= 0.6 is 12.2 Å². The average molecular weight is 214 g/mol. The molecule has 2 nitrogen and oxygen atoms in total. The van der Waals surface area contributed by atoms with E-state index in [0.29, 0.717) is 5.41 Å². The van der Waals surface area contributed by atoms with Gasteiger partial charge in [0.15, 0.2) is 5.11 Å². The smallest absolute Gasteiger partial charge is 0.168 e. The van der Waals surface area contributed by atoms with Crippen LogP contribution in [0.1, 0.15) is 34.1 Å². The topological polar surface area (TPSA) is 15.3 Å². The zero-order chi connectivity index (χ0) is 10.8. The van der Waals surface area contributed by atoms with Crippen molar-refractivity contribution in [3.8, 4) is 0 Å². The van der Waals surface area contributed by atoms with Gasteiger partial charge >= 0.3 is 0 Å². The molecule has 1 aliphatic heterocycles. The monoisotopic (exact) mass is 214 g/mol. The molecule has 1 unspecified atom stereocenters. The van der Waals surface area contributed by atoms with Crippen LogP contribution in [0.3, 0.4) is 0 Å². The molecule has 0 amide bonds. The molecule has 1 saturated heterocycles. The van der Waals surface area contributed by atoms with Gasteiger partial charge in [0.05, 0.1) is 0 Å². The first kappa shape index (κ1) is 11.8. The van der Waals surface area contributed by atoms with Crippen molar-refractivity contribution in [1.29, 1.82) is 0 Å². The van der Waals surface area contributed by atoms with Crippen LogP contribution in [0.2, 0.25) is 0 Å². The third-order valence-electron chi connectivity index (χ3n) is 3.03. The first-order valence-electron chi connectivity index (χ1n) is 5.48. The molecule has 14 heavy (non-hydrogen) atoms. The van der Waals surface area contributed by atoms with E-state index in [2.05, 4.69) is 37.9 Å². The Labute approximate surface area is 93.1 Å². The molecule has 0 aliphatic carbocycles. The summed E-state index contributed by atoms with van der Waals surface area (Å²) in [4.78, 5) is 2.30. The minimum absolute atomic E-state index is 0.413. The highest BCUT2D eigenvalue weighted by atomic mass is 32.1. The van der Waals surface area contributed by atoms with Gasteiger partial charge in [0, 0.05) is 19.6 Å². The Morgan fingerprint density at radius 3 is 2.57 bits per heavy atom. The van der Waals surface area contributed by atoms with Gasteiger partial charge in [-0.15, -0.1) is 0 Å². The molecular weight excluding hydrogens is 192 g/mol. The van der Waals surface area contributed by atoms with Gasteiger partial charge in [-0.25, -0.2) is 0 Å². The Balaban J connectivity index is 2.45. The Morgan fingerprint density at radius 2 is 2.14 bits per heavy atom. The van der Waals surface area contributed by atoms with E-state index in [1.54, 1.807) is 0 Å². The first-order valence-corrected chi connectivity index (χ1v) is 5.88. The number of nitrogens with one attached hydrogen (secondary N) is 1. The van der Waals surface area contributed by atoms with Crippen molar-refractivity contribution >= 4 is 17.3 Å². The molecule has 1 N–H and O–H groups in total. The van der Waals surface area contributed by atoms with Crippen LogP contribution < -0.4 is 5.32 Å². The fraction of sp³-hybridized carbons (Fsp3) is 0.909. The van der Waals surface area contributed by atoms with E-state index in [1.807, 2.05) is 0 Å². The number of rotatable bonds is 1. The summed E-state index contributed by atoms with van der Waals surface area (Å²) in [5.74, 6) is 0.777. The summed E-state index contributed by atoms with van der Waals surface area (Å²) in [7, 11) is 0. The summed E-state index contributed by atoms with van der Waals surface area (Å²) in [6, 6.07) is 0. The Hall–Kier alpha value is -0.310. The van der Waals surface area contributed by atoms with Gasteiger partial charge in [-0.05, 0) is 36.9 Å².